The van der Waals surface area contributed by atoms with Crippen molar-refractivity contribution in [2.45, 2.75) is 161 Å². The van der Waals surface area contributed by atoms with Crippen LogP contribution in [0.4, 0.5) is 0 Å². The van der Waals surface area contributed by atoms with Crippen molar-refractivity contribution < 1.29 is 43.5 Å². The summed E-state index contributed by atoms with van der Waals surface area (Å²) in [4.78, 5) is 25.7. The Balaban J connectivity index is 0.973. The van der Waals surface area contributed by atoms with E-state index in [0.29, 0.717) is 38.2 Å². The lowest BCUT2D eigenvalue weighted by Crippen LogP contribution is -2.45. The van der Waals surface area contributed by atoms with Crippen LogP contribution in [0.15, 0.2) is 109 Å². The molecule has 0 amide bonds. The van der Waals surface area contributed by atoms with Crippen molar-refractivity contribution in [3.05, 3.63) is 137 Å². The van der Waals surface area contributed by atoms with Crippen LogP contribution < -0.4 is 4.74 Å². The van der Waals surface area contributed by atoms with E-state index < -0.39 is 17.5 Å². The van der Waals surface area contributed by atoms with Gasteiger partial charge in [-0.3, -0.25) is 4.79 Å². The number of hydrogen-bond donors (Lipinski definition) is 2. The Bertz CT molecular complexity index is 1930. The molecular weight excluding hydrogens is 781 g/mol. The predicted molar refractivity (Wildman–Crippen MR) is 241 cm³/mol. The molecule has 2 heterocycles. The van der Waals surface area contributed by atoms with E-state index in [1.54, 1.807) is 6.07 Å². The van der Waals surface area contributed by atoms with Gasteiger partial charge in [-0.15, -0.1) is 0 Å². The normalized spacial score (nSPS) is 20.8. The molecule has 2 aliphatic heterocycles. The van der Waals surface area contributed by atoms with E-state index in [0.717, 1.165) is 86.5 Å². The van der Waals surface area contributed by atoms with E-state index >= 15 is 0 Å². The molecule has 0 radical (unpaired) electrons. The van der Waals surface area contributed by atoms with Gasteiger partial charge in [0.05, 0.1) is 48.6 Å². The maximum atomic E-state index is 13.3. The SMILES string of the molecule is C[C@@H](CC[C@@H]1CCC[C@H](CCCc2cccc(OCc3ccccc3)c2C(=O)O)O1)[C@H](O)C[C@H](C[C@@H]1CCC[C@H](C(C)(C)C(=O)OCc2ccccc2)O1)OCc1ccccc1. The molecule has 0 bridgehead atoms. The standard InChI is InChI=1S/C53H68O9/c1-38(31-32-44-27-15-26-43(61-44)25-13-23-42-24-14-29-48(50(42)51(55)56)59-36-40-19-9-5-10-20-40)47(54)34-46(58-35-39-17-7-4-8-18-39)33-45-28-16-30-49(62-45)53(2,3)52(57)60-37-41-21-11-6-12-22-41/h4-12,14,17-22,24,29,38,43-47,49,54H,13,15-16,23,25-28,30-37H2,1-3H3,(H,55,56)/t38-,43-,44-,45-,46-,47+,49+/m0/s1. The summed E-state index contributed by atoms with van der Waals surface area (Å²) in [6.45, 7) is 6.95. The van der Waals surface area contributed by atoms with Crippen LogP contribution in [0.3, 0.4) is 0 Å². The van der Waals surface area contributed by atoms with Crippen molar-refractivity contribution in [1.82, 2.24) is 0 Å². The lowest BCUT2D eigenvalue weighted by molar-refractivity contribution is -0.175. The maximum absolute atomic E-state index is 13.3. The summed E-state index contributed by atoms with van der Waals surface area (Å²) in [5.41, 5.74) is 3.23. The number of rotatable bonds is 23. The second-order valence-corrected chi connectivity index (χ2v) is 18.0. The molecule has 7 atom stereocenters. The molecular formula is C53H68O9. The predicted octanol–water partition coefficient (Wildman–Crippen LogP) is 11.1. The minimum absolute atomic E-state index is 0.0472. The number of carboxylic acids is 1. The van der Waals surface area contributed by atoms with Crippen LogP contribution in [0.1, 0.15) is 130 Å². The highest BCUT2D eigenvalue weighted by Gasteiger charge is 2.42. The Kier molecular flexibility index (Phi) is 18.0. The fourth-order valence-corrected chi connectivity index (χ4v) is 8.91. The van der Waals surface area contributed by atoms with Gasteiger partial charge in [0.1, 0.15) is 24.5 Å². The van der Waals surface area contributed by atoms with Crippen LogP contribution in [0, 0.1) is 11.3 Å². The molecule has 9 heteroatoms. The summed E-state index contributed by atoms with van der Waals surface area (Å²) in [5.74, 6) is -0.794. The quantitative estimate of drug-likeness (QED) is 0.0703. The van der Waals surface area contributed by atoms with E-state index in [2.05, 4.69) is 19.1 Å². The summed E-state index contributed by atoms with van der Waals surface area (Å²) in [5, 5.41) is 21.7. The summed E-state index contributed by atoms with van der Waals surface area (Å²) in [7, 11) is 0. The third-order valence-electron chi connectivity index (χ3n) is 12.8. The van der Waals surface area contributed by atoms with Gasteiger partial charge in [-0.25, -0.2) is 4.79 Å². The molecule has 0 unspecified atom stereocenters. The zero-order valence-electron chi connectivity index (χ0n) is 37.0. The molecule has 2 aliphatic rings. The first-order valence-corrected chi connectivity index (χ1v) is 22.9. The zero-order chi connectivity index (χ0) is 43.7. The number of benzene rings is 4. The highest BCUT2D eigenvalue weighted by molar-refractivity contribution is 5.92. The zero-order valence-corrected chi connectivity index (χ0v) is 37.0. The van der Waals surface area contributed by atoms with Crippen molar-refractivity contribution in [3.63, 3.8) is 0 Å². The number of carboxylic acid groups (broad SMARTS) is 1. The Morgan fingerprint density at radius 2 is 1.32 bits per heavy atom. The molecule has 0 spiro atoms. The van der Waals surface area contributed by atoms with Gasteiger partial charge in [0.2, 0.25) is 0 Å². The number of carbonyl (C=O) groups is 2. The maximum Gasteiger partial charge on any atom is 0.339 e. The van der Waals surface area contributed by atoms with E-state index in [4.69, 9.17) is 23.7 Å². The second-order valence-electron chi connectivity index (χ2n) is 18.0. The Labute approximate surface area is 369 Å². The summed E-state index contributed by atoms with van der Waals surface area (Å²) < 4.78 is 31.6. The van der Waals surface area contributed by atoms with Crippen molar-refractivity contribution in [1.29, 1.82) is 0 Å². The van der Waals surface area contributed by atoms with Crippen LogP contribution in [-0.2, 0) is 50.0 Å². The molecule has 6 rings (SSSR count). The number of ether oxygens (including phenoxy) is 5. The molecule has 9 nitrogen and oxygen atoms in total. The van der Waals surface area contributed by atoms with Gasteiger partial charge in [-0.1, -0.05) is 110 Å². The molecule has 0 saturated carbocycles. The molecule has 334 valence electrons. The number of aromatic carboxylic acids is 1. The molecule has 2 fully saturated rings. The van der Waals surface area contributed by atoms with Crippen molar-refractivity contribution in [3.8, 4) is 5.75 Å². The van der Waals surface area contributed by atoms with E-state index in [1.807, 2.05) is 105 Å². The van der Waals surface area contributed by atoms with Gasteiger partial charge in [-0.05, 0) is 132 Å². The van der Waals surface area contributed by atoms with Crippen molar-refractivity contribution in [2.24, 2.45) is 11.3 Å². The van der Waals surface area contributed by atoms with Gasteiger partial charge in [0.15, 0.2) is 0 Å². The number of aliphatic hydroxyl groups excluding tert-OH is 1. The number of esters is 1. The molecule has 62 heavy (non-hydrogen) atoms. The highest BCUT2D eigenvalue weighted by Crippen LogP contribution is 2.37. The first-order chi connectivity index (χ1) is 30.0. The highest BCUT2D eigenvalue weighted by atomic mass is 16.5. The number of aliphatic hydroxyl groups is 1. The molecule has 2 N–H and O–H groups in total. The van der Waals surface area contributed by atoms with Gasteiger partial charge >= 0.3 is 11.9 Å². The van der Waals surface area contributed by atoms with Crippen LogP contribution in [0.5, 0.6) is 5.75 Å². The Hall–Kier alpha value is -4.54. The van der Waals surface area contributed by atoms with Crippen LogP contribution in [0.25, 0.3) is 0 Å². The molecule has 4 aromatic rings. The second kappa shape index (κ2) is 23.8. The Morgan fingerprint density at radius 1 is 0.726 bits per heavy atom. The fraction of sp³-hybridized carbons (Fsp3) is 0.509. The van der Waals surface area contributed by atoms with Crippen LogP contribution in [0.2, 0.25) is 0 Å². The first-order valence-electron chi connectivity index (χ1n) is 22.9. The monoisotopic (exact) mass is 848 g/mol. The summed E-state index contributed by atoms with van der Waals surface area (Å²) >= 11 is 0. The van der Waals surface area contributed by atoms with E-state index in [9.17, 15) is 19.8 Å². The molecule has 2 saturated heterocycles. The third-order valence-corrected chi connectivity index (χ3v) is 12.8. The topological polar surface area (TPSA) is 121 Å². The van der Waals surface area contributed by atoms with Crippen LogP contribution in [-0.4, -0.2) is 58.8 Å². The van der Waals surface area contributed by atoms with Crippen molar-refractivity contribution >= 4 is 11.9 Å². The molecule has 0 aliphatic carbocycles. The molecule has 0 aromatic heterocycles. The summed E-state index contributed by atoms with van der Waals surface area (Å²) in [6, 6.07) is 35.1. The number of hydrogen-bond acceptors (Lipinski definition) is 8. The smallest absolute Gasteiger partial charge is 0.339 e. The average molecular weight is 849 g/mol. The molecule has 4 aromatic carbocycles. The summed E-state index contributed by atoms with van der Waals surface area (Å²) in [6.07, 6.45) is 9.95. The van der Waals surface area contributed by atoms with Crippen molar-refractivity contribution in [2.75, 3.05) is 0 Å². The number of carbonyl (C=O) groups excluding carboxylic acids is 1. The van der Waals surface area contributed by atoms with E-state index in [1.165, 1.54) is 0 Å². The lowest BCUT2D eigenvalue weighted by atomic mass is 9.81. The minimum Gasteiger partial charge on any atom is -0.488 e. The fourth-order valence-electron chi connectivity index (χ4n) is 8.91. The third kappa shape index (κ3) is 14.2. The number of aryl methyl sites for hydroxylation is 1. The minimum atomic E-state index is -0.975. The average Bonchev–Trinajstić information content (AvgIpc) is 3.29. The first kappa shape index (κ1) is 47.0. The van der Waals surface area contributed by atoms with Gasteiger partial charge in [0, 0.05) is 0 Å². The van der Waals surface area contributed by atoms with Gasteiger partial charge < -0.3 is 33.9 Å². The van der Waals surface area contributed by atoms with Gasteiger partial charge in [-0.2, -0.15) is 0 Å². The largest absolute Gasteiger partial charge is 0.488 e. The van der Waals surface area contributed by atoms with E-state index in [-0.39, 0.29) is 54.6 Å². The Morgan fingerprint density at radius 3 is 1.98 bits per heavy atom. The van der Waals surface area contributed by atoms with Gasteiger partial charge in [0.25, 0.3) is 0 Å². The lowest BCUT2D eigenvalue weighted by Gasteiger charge is -2.39. The van der Waals surface area contributed by atoms with Crippen LogP contribution >= 0.6 is 0 Å².